The fourth-order valence-electron chi connectivity index (χ4n) is 1.81. The van der Waals surface area contributed by atoms with Gasteiger partial charge in [-0.05, 0) is 34.5 Å². The molecule has 4 nitrogen and oxygen atoms in total. The second-order valence-corrected chi connectivity index (χ2v) is 4.97. The summed E-state index contributed by atoms with van der Waals surface area (Å²) in [6, 6.07) is 5.97. The summed E-state index contributed by atoms with van der Waals surface area (Å²) in [6.45, 7) is 0. The maximum absolute atomic E-state index is 12.9. The predicted octanol–water partition coefficient (Wildman–Crippen LogP) is 3.25. The van der Waals surface area contributed by atoms with E-state index in [1.165, 1.54) is 29.5 Å². The van der Waals surface area contributed by atoms with Gasteiger partial charge in [-0.3, -0.25) is 4.79 Å². The Kier molecular flexibility index (Phi) is 3.06. The molecule has 0 atom stereocenters. The number of ether oxygens (including phenoxy) is 2. The number of rotatable bonds is 3. The van der Waals surface area contributed by atoms with Crippen molar-refractivity contribution in [3.05, 3.63) is 40.6 Å². The highest BCUT2D eigenvalue weighted by atomic mass is 32.1. The highest BCUT2D eigenvalue weighted by Crippen LogP contribution is 2.42. The number of anilines is 1. The molecule has 104 valence electrons. The van der Waals surface area contributed by atoms with Gasteiger partial charge in [-0.15, -0.1) is 8.78 Å². The first kappa shape index (κ1) is 12.9. The number of hydrogen-bond donors (Lipinski definition) is 1. The van der Waals surface area contributed by atoms with Gasteiger partial charge in [0.2, 0.25) is 5.91 Å². The number of carbonyl (C=O) groups excluding carboxylic acids is 1. The Morgan fingerprint density at radius 1 is 1.25 bits per heavy atom. The molecule has 1 aliphatic rings. The molecule has 20 heavy (non-hydrogen) atoms. The minimum atomic E-state index is -3.65. The van der Waals surface area contributed by atoms with Crippen LogP contribution in [-0.2, 0) is 11.2 Å². The molecule has 1 aromatic heterocycles. The summed E-state index contributed by atoms with van der Waals surface area (Å²) < 4.78 is 34.3. The molecule has 1 aliphatic heterocycles. The molecule has 2 aromatic rings. The van der Waals surface area contributed by atoms with Crippen molar-refractivity contribution < 1.29 is 23.0 Å². The smallest absolute Gasteiger partial charge is 0.395 e. The van der Waals surface area contributed by atoms with Crippen molar-refractivity contribution in [3.63, 3.8) is 0 Å². The lowest BCUT2D eigenvalue weighted by Crippen LogP contribution is -2.25. The maximum atomic E-state index is 12.9. The van der Waals surface area contributed by atoms with Crippen LogP contribution in [0.2, 0.25) is 0 Å². The minimum absolute atomic E-state index is 0.0502. The molecule has 0 fully saturated rings. The van der Waals surface area contributed by atoms with Crippen LogP contribution in [-0.4, -0.2) is 12.2 Å². The van der Waals surface area contributed by atoms with Gasteiger partial charge in [0, 0.05) is 11.8 Å². The maximum Gasteiger partial charge on any atom is 0.586 e. The number of thiophene rings is 1. The van der Waals surface area contributed by atoms with Crippen molar-refractivity contribution in [2.75, 3.05) is 5.32 Å². The van der Waals surface area contributed by atoms with E-state index in [4.69, 9.17) is 0 Å². The number of benzene rings is 1. The summed E-state index contributed by atoms with van der Waals surface area (Å²) in [5.74, 6) is -0.372. The van der Waals surface area contributed by atoms with Gasteiger partial charge in [0.05, 0.1) is 6.42 Å². The van der Waals surface area contributed by atoms with Crippen LogP contribution in [0.15, 0.2) is 35.0 Å². The summed E-state index contributed by atoms with van der Waals surface area (Å²) >= 11 is 1.50. The van der Waals surface area contributed by atoms with Gasteiger partial charge in [-0.25, -0.2) is 0 Å². The van der Waals surface area contributed by atoms with Gasteiger partial charge in [0.25, 0.3) is 0 Å². The zero-order valence-electron chi connectivity index (χ0n) is 10.1. The molecule has 7 heteroatoms. The Hall–Kier alpha value is -2.15. The third kappa shape index (κ3) is 2.72. The molecule has 1 N–H and O–H groups in total. The predicted molar refractivity (Wildman–Crippen MR) is 69.3 cm³/mol. The van der Waals surface area contributed by atoms with Gasteiger partial charge in [0.1, 0.15) is 0 Å². The molecule has 0 spiro atoms. The van der Waals surface area contributed by atoms with Crippen LogP contribution in [0.3, 0.4) is 0 Å². The van der Waals surface area contributed by atoms with E-state index in [2.05, 4.69) is 14.8 Å². The normalized spacial score (nSPS) is 15.1. The molecule has 2 heterocycles. The lowest BCUT2D eigenvalue weighted by atomic mass is 10.2. The number of hydrogen-bond acceptors (Lipinski definition) is 4. The summed E-state index contributed by atoms with van der Waals surface area (Å²) in [4.78, 5) is 11.8. The first-order chi connectivity index (χ1) is 9.52. The second-order valence-electron chi connectivity index (χ2n) is 4.19. The number of fused-ring (bicyclic) bond motifs is 1. The SMILES string of the molecule is O=C(Cc1ccsc1)Nc1ccc2c(c1)OC(F)(F)O2. The molecule has 0 saturated carbocycles. The summed E-state index contributed by atoms with van der Waals surface area (Å²) in [7, 11) is 0. The first-order valence-corrected chi connectivity index (χ1v) is 6.67. The summed E-state index contributed by atoms with van der Waals surface area (Å²) in [5.41, 5.74) is 1.28. The van der Waals surface area contributed by atoms with E-state index in [0.29, 0.717) is 5.69 Å². The Bertz CT molecular complexity index is 643. The number of halogens is 2. The van der Waals surface area contributed by atoms with E-state index < -0.39 is 6.29 Å². The molecule has 0 aliphatic carbocycles. The fourth-order valence-corrected chi connectivity index (χ4v) is 2.48. The largest absolute Gasteiger partial charge is 0.586 e. The van der Waals surface area contributed by atoms with Crippen molar-refractivity contribution in [1.82, 2.24) is 0 Å². The number of carbonyl (C=O) groups is 1. The van der Waals surface area contributed by atoms with Crippen molar-refractivity contribution in [2.45, 2.75) is 12.7 Å². The van der Waals surface area contributed by atoms with E-state index in [1.807, 2.05) is 16.8 Å². The van der Waals surface area contributed by atoms with Crippen molar-refractivity contribution >= 4 is 22.9 Å². The van der Waals surface area contributed by atoms with Crippen molar-refractivity contribution in [2.24, 2.45) is 0 Å². The quantitative estimate of drug-likeness (QED) is 0.946. The third-order valence-electron chi connectivity index (χ3n) is 2.63. The van der Waals surface area contributed by atoms with Crippen molar-refractivity contribution in [1.29, 1.82) is 0 Å². The van der Waals surface area contributed by atoms with Gasteiger partial charge in [-0.1, -0.05) is 0 Å². The Morgan fingerprint density at radius 2 is 2.05 bits per heavy atom. The zero-order valence-corrected chi connectivity index (χ0v) is 10.9. The second kappa shape index (κ2) is 4.75. The highest BCUT2D eigenvalue weighted by molar-refractivity contribution is 7.08. The van der Waals surface area contributed by atoms with Crippen LogP contribution in [0.5, 0.6) is 11.5 Å². The molecule has 0 bridgehead atoms. The van der Waals surface area contributed by atoms with E-state index in [-0.39, 0.29) is 23.8 Å². The van der Waals surface area contributed by atoms with E-state index in [9.17, 15) is 13.6 Å². The first-order valence-electron chi connectivity index (χ1n) is 5.73. The topological polar surface area (TPSA) is 47.6 Å². The van der Waals surface area contributed by atoms with Crippen LogP contribution in [0.1, 0.15) is 5.56 Å². The van der Waals surface area contributed by atoms with Gasteiger partial charge in [0.15, 0.2) is 11.5 Å². The van der Waals surface area contributed by atoms with Gasteiger partial charge < -0.3 is 14.8 Å². The molecule has 0 unspecified atom stereocenters. The lowest BCUT2D eigenvalue weighted by Gasteiger charge is -2.05. The molecule has 1 aromatic carbocycles. The molecule has 1 amide bonds. The highest BCUT2D eigenvalue weighted by Gasteiger charge is 2.43. The number of alkyl halides is 2. The van der Waals surface area contributed by atoms with E-state index in [0.717, 1.165) is 5.56 Å². The molecule has 3 rings (SSSR count). The van der Waals surface area contributed by atoms with Crippen molar-refractivity contribution in [3.8, 4) is 11.5 Å². The molecular weight excluding hydrogens is 288 g/mol. The molecular formula is C13H9F2NO3S. The van der Waals surface area contributed by atoms with Crippen LogP contribution >= 0.6 is 11.3 Å². The average Bonchev–Trinajstić information content (AvgIpc) is 2.94. The van der Waals surface area contributed by atoms with Gasteiger partial charge in [-0.2, -0.15) is 11.3 Å². The third-order valence-corrected chi connectivity index (χ3v) is 3.36. The Morgan fingerprint density at radius 3 is 2.80 bits per heavy atom. The number of nitrogens with one attached hydrogen (secondary N) is 1. The standard InChI is InChI=1S/C13H9F2NO3S/c14-13(15)18-10-2-1-9(6-11(10)19-13)16-12(17)5-8-3-4-20-7-8/h1-4,6-7H,5H2,(H,16,17). The van der Waals surface area contributed by atoms with E-state index >= 15 is 0 Å². The van der Waals surface area contributed by atoms with Crippen LogP contribution in [0.25, 0.3) is 0 Å². The Labute approximate surface area is 116 Å². The lowest BCUT2D eigenvalue weighted by molar-refractivity contribution is -0.286. The van der Waals surface area contributed by atoms with E-state index in [1.54, 1.807) is 0 Å². The van der Waals surface area contributed by atoms with Crippen LogP contribution in [0.4, 0.5) is 14.5 Å². The van der Waals surface area contributed by atoms with Crippen LogP contribution < -0.4 is 14.8 Å². The number of amides is 1. The average molecular weight is 297 g/mol. The molecule has 0 saturated heterocycles. The molecule has 0 radical (unpaired) electrons. The Balaban J connectivity index is 1.69. The summed E-state index contributed by atoms with van der Waals surface area (Å²) in [5, 5.41) is 6.38. The van der Waals surface area contributed by atoms with Crippen LogP contribution in [0, 0.1) is 0 Å². The minimum Gasteiger partial charge on any atom is -0.395 e. The van der Waals surface area contributed by atoms with Gasteiger partial charge >= 0.3 is 6.29 Å². The monoisotopic (exact) mass is 297 g/mol. The fraction of sp³-hybridized carbons (Fsp3) is 0.154. The zero-order chi connectivity index (χ0) is 14.2. The summed E-state index contributed by atoms with van der Waals surface area (Å²) in [6.07, 6.45) is -3.42.